The number of nitrogens with zero attached hydrogens (tertiary/aromatic N) is 3. The summed E-state index contributed by atoms with van der Waals surface area (Å²) in [5, 5.41) is 5.45. The molecule has 33 heavy (non-hydrogen) atoms. The van der Waals surface area contributed by atoms with Gasteiger partial charge in [-0.05, 0) is 29.6 Å². The summed E-state index contributed by atoms with van der Waals surface area (Å²) >= 11 is 4.32. The second-order valence-corrected chi connectivity index (χ2v) is 9.84. The van der Waals surface area contributed by atoms with Crippen LogP contribution in [0.25, 0.3) is 31.6 Å². The molecule has 4 aromatic heterocycles. The molecule has 1 aromatic carbocycles. The van der Waals surface area contributed by atoms with Crippen molar-refractivity contribution in [1.82, 2.24) is 19.5 Å². The Balaban J connectivity index is 1.48. The number of nitrogens with one attached hydrogen (secondary N) is 1. The number of fused-ring (bicyclic) bond motifs is 2. The highest BCUT2D eigenvalue weighted by Crippen LogP contribution is 2.34. The van der Waals surface area contributed by atoms with Gasteiger partial charge in [0.2, 0.25) is 0 Å². The number of hydrogen-bond acceptors (Lipinski definition) is 9. The summed E-state index contributed by atoms with van der Waals surface area (Å²) in [6, 6.07) is 8.55. The molecule has 0 saturated carbocycles. The monoisotopic (exact) mass is 496 g/mol. The Morgan fingerprint density at radius 1 is 1.21 bits per heavy atom. The standard InChI is InChI=1S/C22H16N4O4S3/c1-26-20(28)17-13(15-4-3-7-31-15)9-32-19(17)25-22(26)33-10-16-23-14-8-11(21(29)30-2)5-6-12(14)18(27)24-16/h3-9H,10H2,1-2H3,(H,23,24,27). The lowest BCUT2D eigenvalue weighted by molar-refractivity contribution is 0.0601. The molecule has 5 aromatic rings. The maximum atomic E-state index is 13.1. The molecule has 8 nitrogen and oxygen atoms in total. The van der Waals surface area contributed by atoms with Gasteiger partial charge in [-0.1, -0.05) is 17.8 Å². The summed E-state index contributed by atoms with van der Waals surface area (Å²) in [6.45, 7) is 0. The van der Waals surface area contributed by atoms with E-state index in [0.717, 1.165) is 10.4 Å². The van der Waals surface area contributed by atoms with Gasteiger partial charge in [0, 0.05) is 22.9 Å². The molecule has 0 aliphatic carbocycles. The Morgan fingerprint density at radius 3 is 2.82 bits per heavy atom. The zero-order chi connectivity index (χ0) is 23.1. The molecule has 0 aliphatic rings. The molecular weight excluding hydrogens is 480 g/mol. The molecule has 0 atom stereocenters. The van der Waals surface area contributed by atoms with E-state index in [9.17, 15) is 14.4 Å². The molecule has 0 amide bonds. The second-order valence-electron chi connectivity index (χ2n) is 7.09. The third kappa shape index (κ3) is 3.88. The Bertz CT molecular complexity index is 1630. The van der Waals surface area contributed by atoms with E-state index in [1.165, 1.54) is 46.9 Å². The maximum Gasteiger partial charge on any atom is 0.337 e. The molecule has 0 unspecified atom stereocenters. The van der Waals surface area contributed by atoms with E-state index in [-0.39, 0.29) is 11.1 Å². The van der Waals surface area contributed by atoms with Crippen molar-refractivity contribution in [2.45, 2.75) is 10.9 Å². The molecule has 0 fully saturated rings. The van der Waals surface area contributed by atoms with Gasteiger partial charge in [-0.3, -0.25) is 14.2 Å². The number of aromatic amines is 1. The number of rotatable bonds is 5. The van der Waals surface area contributed by atoms with Crippen LogP contribution in [0.15, 0.2) is 55.8 Å². The van der Waals surface area contributed by atoms with Gasteiger partial charge >= 0.3 is 5.97 Å². The van der Waals surface area contributed by atoms with Gasteiger partial charge in [-0.15, -0.1) is 22.7 Å². The lowest BCUT2D eigenvalue weighted by atomic mass is 10.1. The number of ether oxygens (including phenoxy) is 1. The number of esters is 1. The third-order valence-corrected chi connectivity index (χ3v) is 7.89. The van der Waals surface area contributed by atoms with Crippen molar-refractivity contribution in [2.24, 2.45) is 7.05 Å². The van der Waals surface area contributed by atoms with Gasteiger partial charge in [0.15, 0.2) is 5.16 Å². The van der Waals surface area contributed by atoms with Crippen molar-refractivity contribution in [3.05, 3.63) is 73.2 Å². The van der Waals surface area contributed by atoms with Crippen LogP contribution in [0, 0.1) is 0 Å². The molecule has 1 N–H and O–H groups in total. The largest absolute Gasteiger partial charge is 0.465 e. The van der Waals surface area contributed by atoms with Crippen LogP contribution < -0.4 is 11.1 Å². The number of H-pyrrole nitrogens is 1. The van der Waals surface area contributed by atoms with Gasteiger partial charge in [0.05, 0.1) is 34.7 Å². The van der Waals surface area contributed by atoms with E-state index in [2.05, 4.69) is 15.0 Å². The SMILES string of the molecule is COC(=O)c1ccc2c(=O)[nH]c(CSc3nc4scc(-c5cccs5)c4c(=O)n3C)nc2c1. The first kappa shape index (κ1) is 21.6. The molecular formula is C22H16N4O4S3. The number of thiophene rings is 2. The first-order chi connectivity index (χ1) is 16.0. The minimum Gasteiger partial charge on any atom is -0.465 e. The van der Waals surface area contributed by atoms with E-state index >= 15 is 0 Å². The van der Waals surface area contributed by atoms with Crippen molar-refractivity contribution >= 4 is 61.5 Å². The van der Waals surface area contributed by atoms with E-state index < -0.39 is 5.97 Å². The van der Waals surface area contributed by atoms with E-state index in [1.54, 1.807) is 24.5 Å². The van der Waals surface area contributed by atoms with Crippen molar-refractivity contribution in [2.75, 3.05) is 7.11 Å². The molecule has 11 heteroatoms. The van der Waals surface area contributed by atoms with Gasteiger partial charge in [0.1, 0.15) is 10.7 Å². The lowest BCUT2D eigenvalue weighted by Crippen LogP contribution is -2.20. The summed E-state index contributed by atoms with van der Waals surface area (Å²) in [5.41, 5.74) is 1.19. The van der Waals surface area contributed by atoms with E-state index in [0.29, 0.717) is 43.4 Å². The molecule has 0 spiro atoms. The van der Waals surface area contributed by atoms with Crippen LogP contribution in [0.4, 0.5) is 0 Å². The fourth-order valence-electron chi connectivity index (χ4n) is 3.43. The summed E-state index contributed by atoms with van der Waals surface area (Å²) in [4.78, 5) is 51.0. The minimum atomic E-state index is -0.500. The molecule has 0 radical (unpaired) electrons. The van der Waals surface area contributed by atoms with Crippen LogP contribution in [-0.2, 0) is 17.5 Å². The zero-order valence-corrected chi connectivity index (χ0v) is 19.9. The third-order valence-electron chi connectivity index (χ3n) is 5.08. The highest BCUT2D eigenvalue weighted by Gasteiger charge is 2.17. The number of carbonyl (C=O) groups excluding carboxylic acids is 1. The van der Waals surface area contributed by atoms with Crippen LogP contribution in [0.5, 0.6) is 0 Å². The predicted octanol–water partition coefficient (Wildman–Crippen LogP) is 4.04. The number of aromatic nitrogens is 4. The normalized spacial score (nSPS) is 11.3. The highest BCUT2D eigenvalue weighted by atomic mass is 32.2. The smallest absolute Gasteiger partial charge is 0.337 e. The summed E-state index contributed by atoms with van der Waals surface area (Å²) in [7, 11) is 2.98. The van der Waals surface area contributed by atoms with Crippen LogP contribution in [-0.4, -0.2) is 32.6 Å². The minimum absolute atomic E-state index is 0.116. The summed E-state index contributed by atoms with van der Waals surface area (Å²) in [6.07, 6.45) is 0. The summed E-state index contributed by atoms with van der Waals surface area (Å²) < 4.78 is 6.26. The molecule has 0 saturated heterocycles. The predicted molar refractivity (Wildman–Crippen MR) is 131 cm³/mol. The topological polar surface area (TPSA) is 107 Å². The van der Waals surface area contributed by atoms with Crippen molar-refractivity contribution in [3.63, 3.8) is 0 Å². The van der Waals surface area contributed by atoms with Gasteiger partial charge in [0.25, 0.3) is 11.1 Å². The van der Waals surface area contributed by atoms with Crippen LogP contribution in [0.2, 0.25) is 0 Å². The van der Waals surface area contributed by atoms with Crippen LogP contribution in [0.1, 0.15) is 16.2 Å². The molecule has 4 heterocycles. The quantitative estimate of drug-likeness (QED) is 0.222. The van der Waals surface area contributed by atoms with Gasteiger partial charge < -0.3 is 9.72 Å². The average molecular weight is 497 g/mol. The van der Waals surface area contributed by atoms with Crippen molar-refractivity contribution < 1.29 is 9.53 Å². The van der Waals surface area contributed by atoms with Crippen molar-refractivity contribution in [1.29, 1.82) is 0 Å². The van der Waals surface area contributed by atoms with Crippen LogP contribution >= 0.6 is 34.4 Å². The van der Waals surface area contributed by atoms with Crippen molar-refractivity contribution in [3.8, 4) is 10.4 Å². The fraction of sp³-hybridized carbons (Fsp3) is 0.136. The molecule has 166 valence electrons. The molecule has 0 aliphatic heterocycles. The fourth-order valence-corrected chi connectivity index (χ4v) is 6.07. The molecule has 0 bridgehead atoms. The first-order valence-corrected chi connectivity index (χ1v) is 12.5. The Labute approximate surface area is 198 Å². The number of hydrogen-bond donors (Lipinski definition) is 1. The zero-order valence-electron chi connectivity index (χ0n) is 17.4. The van der Waals surface area contributed by atoms with Gasteiger partial charge in [-0.2, -0.15) is 0 Å². The molecule has 5 rings (SSSR count). The van der Waals surface area contributed by atoms with Crippen LogP contribution in [0.3, 0.4) is 0 Å². The first-order valence-electron chi connectivity index (χ1n) is 9.72. The summed E-state index contributed by atoms with van der Waals surface area (Å²) in [5.74, 6) is 0.211. The number of thioether (sulfide) groups is 1. The Kier molecular flexibility index (Phi) is 5.60. The Hall–Kier alpha value is -3.28. The Morgan fingerprint density at radius 2 is 2.06 bits per heavy atom. The second kappa shape index (κ2) is 8.58. The maximum absolute atomic E-state index is 13.1. The lowest BCUT2D eigenvalue weighted by Gasteiger charge is -2.08. The number of carbonyl (C=O) groups is 1. The number of methoxy groups -OCH3 is 1. The van der Waals surface area contributed by atoms with E-state index in [4.69, 9.17) is 4.74 Å². The number of benzene rings is 1. The van der Waals surface area contributed by atoms with Gasteiger partial charge in [-0.25, -0.2) is 14.8 Å². The average Bonchev–Trinajstić information content (AvgIpc) is 3.49. The van der Waals surface area contributed by atoms with E-state index in [1.807, 2.05) is 22.9 Å². The highest BCUT2D eigenvalue weighted by molar-refractivity contribution is 7.98.